The largest absolute Gasteiger partial charge is 0.450 e. The topological polar surface area (TPSA) is 96.0 Å². The van der Waals surface area contributed by atoms with Gasteiger partial charge in [0.1, 0.15) is 0 Å². The van der Waals surface area contributed by atoms with E-state index in [-0.39, 0.29) is 16.7 Å². The summed E-state index contributed by atoms with van der Waals surface area (Å²) in [6, 6.07) is 6.31. The van der Waals surface area contributed by atoms with Crippen LogP contribution in [0.1, 0.15) is 39.5 Å². The lowest BCUT2D eigenvalue weighted by Gasteiger charge is -2.31. The lowest BCUT2D eigenvalue weighted by Crippen LogP contribution is -2.44. The zero-order valence-electron chi connectivity index (χ0n) is 17.7. The van der Waals surface area contributed by atoms with Gasteiger partial charge in [0, 0.05) is 31.9 Å². The number of benzene rings is 1. The van der Waals surface area contributed by atoms with E-state index in [0.717, 1.165) is 19.3 Å². The first kappa shape index (κ1) is 22.6. The number of nitrogens with one attached hydrogen (secondary N) is 1. The summed E-state index contributed by atoms with van der Waals surface area (Å²) in [4.78, 5) is 26.4. The van der Waals surface area contributed by atoms with Crippen molar-refractivity contribution in [2.75, 3.05) is 38.1 Å². The molecule has 3 rings (SSSR count). The third-order valence-corrected chi connectivity index (χ3v) is 7.58. The van der Waals surface area contributed by atoms with Gasteiger partial charge < -0.3 is 15.0 Å². The first-order valence-corrected chi connectivity index (χ1v) is 12.1. The molecule has 2 aliphatic heterocycles. The number of likely N-dealkylation sites (tertiary alicyclic amines) is 1. The molecule has 2 amide bonds. The van der Waals surface area contributed by atoms with E-state index in [4.69, 9.17) is 4.74 Å². The van der Waals surface area contributed by atoms with Crippen LogP contribution >= 0.6 is 0 Å². The number of hydrogen-bond acceptors (Lipinski definition) is 5. The number of hydrogen-bond donors (Lipinski definition) is 1. The Hall–Kier alpha value is -2.13. The average molecular weight is 438 g/mol. The fourth-order valence-electron chi connectivity index (χ4n) is 4.04. The molecule has 1 aromatic rings. The highest BCUT2D eigenvalue weighted by Gasteiger charge is 2.30. The number of piperidine rings is 2. The molecule has 0 spiro atoms. The molecule has 1 N–H and O–H groups in total. The van der Waals surface area contributed by atoms with Gasteiger partial charge >= 0.3 is 6.09 Å². The van der Waals surface area contributed by atoms with Crippen LogP contribution in [0.4, 0.5) is 10.5 Å². The minimum Gasteiger partial charge on any atom is -0.450 e. The fourth-order valence-corrected chi connectivity index (χ4v) is 5.64. The molecule has 2 fully saturated rings. The van der Waals surface area contributed by atoms with Crippen molar-refractivity contribution >= 4 is 27.7 Å². The molecule has 0 saturated carbocycles. The van der Waals surface area contributed by atoms with E-state index in [1.165, 1.54) is 12.1 Å². The van der Waals surface area contributed by atoms with Crippen LogP contribution in [0.3, 0.4) is 0 Å². The predicted molar refractivity (Wildman–Crippen MR) is 114 cm³/mol. The SMILES string of the molecule is CCOC(=O)N1CCC[C@H](C(=O)Nc2ccc(S(=O)(=O)N3CCC[C@H](C)C3)cc2)C1. The van der Waals surface area contributed by atoms with E-state index in [1.807, 2.05) is 0 Å². The van der Waals surface area contributed by atoms with Gasteiger partial charge in [-0.25, -0.2) is 13.2 Å². The van der Waals surface area contributed by atoms with Crippen LogP contribution in [0.2, 0.25) is 0 Å². The van der Waals surface area contributed by atoms with Crippen LogP contribution in [0, 0.1) is 11.8 Å². The summed E-state index contributed by atoms with van der Waals surface area (Å²) in [5, 5.41) is 2.84. The molecule has 0 aromatic heterocycles. The molecule has 2 heterocycles. The molecular formula is C21H31N3O5S. The highest BCUT2D eigenvalue weighted by atomic mass is 32.2. The molecule has 2 aliphatic rings. The second kappa shape index (κ2) is 9.78. The summed E-state index contributed by atoms with van der Waals surface area (Å²) >= 11 is 0. The Balaban J connectivity index is 1.61. The highest BCUT2D eigenvalue weighted by molar-refractivity contribution is 7.89. The molecule has 0 radical (unpaired) electrons. The summed E-state index contributed by atoms with van der Waals surface area (Å²) in [6.45, 7) is 6.12. The lowest BCUT2D eigenvalue weighted by atomic mass is 9.97. The Bertz CT molecular complexity index is 856. The van der Waals surface area contributed by atoms with E-state index < -0.39 is 16.1 Å². The number of nitrogens with zero attached hydrogens (tertiary/aromatic N) is 2. The van der Waals surface area contributed by atoms with E-state index in [1.54, 1.807) is 28.3 Å². The van der Waals surface area contributed by atoms with Crippen LogP contribution in [0.5, 0.6) is 0 Å². The van der Waals surface area contributed by atoms with Gasteiger partial charge in [-0.3, -0.25) is 4.79 Å². The molecule has 0 unspecified atom stereocenters. The normalized spacial score (nSPS) is 23.1. The van der Waals surface area contributed by atoms with Crippen LogP contribution < -0.4 is 5.32 Å². The van der Waals surface area contributed by atoms with Gasteiger partial charge in [0.2, 0.25) is 15.9 Å². The van der Waals surface area contributed by atoms with Crippen LogP contribution in [-0.2, 0) is 19.6 Å². The van der Waals surface area contributed by atoms with Crippen molar-refractivity contribution in [3.63, 3.8) is 0 Å². The molecule has 166 valence electrons. The maximum Gasteiger partial charge on any atom is 0.409 e. The van der Waals surface area contributed by atoms with Crippen molar-refractivity contribution < 1.29 is 22.7 Å². The van der Waals surface area contributed by atoms with Crippen LogP contribution in [0.25, 0.3) is 0 Å². The molecular weight excluding hydrogens is 406 g/mol. The molecule has 2 atom stereocenters. The summed E-state index contributed by atoms with van der Waals surface area (Å²) in [7, 11) is -3.52. The van der Waals surface area contributed by atoms with Gasteiger partial charge in [-0.2, -0.15) is 4.31 Å². The Morgan fingerprint density at radius 1 is 1.10 bits per heavy atom. The second-order valence-electron chi connectivity index (χ2n) is 8.11. The predicted octanol–water partition coefficient (Wildman–Crippen LogP) is 2.91. The highest BCUT2D eigenvalue weighted by Crippen LogP contribution is 2.25. The molecule has 0 aliphatic carbocycles. The number of rotatable bonds is 5. The number of sulfonamides is 1. The number of carbonyl (C=O) groups excluding carboxylic acids is 2. The standard InChI is InChI=1S/C21H31N3O5S/c1-3-29-21(26)23-12-5-7-17(15-23)20(25)22-18-8-10-19(11-9-18)30(27,28)24-13-4-6-16(2)14-24/h8-11,16-17H,3-7,12-15H2,1-2H3,(H,22,25)/t16-,17-/m0/s1. The monoisotopic (exact) mass is 437 g/mol. The summed E-state index contributed by atoms with van der Waals surface area (Å²) in [5.74, 6) is -0.136. The lowest BCUT2D eigenvalue weighted by molar-refractivity contribution is -0.121. The number of anilines is 1. The number of carbonyl (C=O) groups is 2. The molecule has 8 nitrogen and oxygen atoms in total. The Kier molecular flexibility index (Phi) is 7.36. The van der Waals surface area contributed by atoms with Crippen molar-refractivity contribution in [2.45, 2.75) is 44.4 Å². The summed E-state index contributed by atoms with van der Waals surface area (Å²) in [5.41, 5.74) is 0.541. The molecule has 30 heavy (non-hydrogen) atoms. The zero-order chi connectivity index (χ0) is 21.7. The van der Waals surface area contributed by atoms with Crippen molar-refractivity contribution in [1.82, 2.24) is 9.21 Å². The fraction of sp³-hybridized carbons (Fsp3) is 0.619. The van der Waals surface area contributed by atoms with Gasteiger partial charge in [-0.05, 0) is 62.8 Å². The van der Waals surface area contributed by atoms with Gasteiger partial charge in [0.05, 0.1) is 17.4 Å². The minimum absolute atomic E-state index is 0.176. The van der Waals surface area contributed by atoms with E-state index in [0.29, 0.717) is 50.8 Å². The maximum absolute atomic E-state index is 12.9. The average Bonchev–Trinajstić information content (AvgIpc) is 2.74. The van der Waals surface area contributed by atoms with Gasteiger partial charge in [0.15, 0.2) is 0 Å². The Labute approximate surface area is 178 Å². The van der Waals surface area contributed by atoms with Gasteiger partial charge in [-0.1, -0.05) is 6.92 Å². The zero-order valence-corrected chi connectivity index (χ0v) is 18.5. The number of ether oxygens (including phenoxy) is 1. The molecule has 2 saturated heterocycles. The second-order valence-corrected chi connectivity index (χ2v) is 10.0. The number of amides is 2. The van der Waals surface area contributed by atoms with Crippen LogP contribution in [-0.4, -0.2) is 62.4 Å². The van der Waals surface area contributed by atoms with Crippen molar-refractivity contribution in [3.8, 4) is 0 Å². The summed E-state index contributed by atoms with van der Waals surface area (Å²) in [6.07, 6.45) is 2.96. The smallest absolute Gasteiger partial charge is 0.409 e. The third-order valence-electron chi connectivity index (χ3n) is 5.70. The third kappa shape index (κ3) is 5.31. The minimum atomic E-state index is -3.52. The first-order chi connectivity index (χ1) is 14.3. The van der Waals surface area contributed by atoms with E-state index >= 15 is 0 Å². The summed E-state index contributed by atoms with van der Waals surface area (Å²) < 4.78 is 32.3. The van der Waals surface area contributed by atoms with Gasteiger partial charge in [-0.15, -0.1) is 0 Å². The van der Waals surface area contributed by atoms with Crippen LogP contribution in [0.15, 0.2) is 29.2 Å². The van der Waals surface area contributed by atoms with Crippen molar-refractivity contribution in [3.05, 3.63) is 24.3 Å². The van der Waals surface area contributed by atoms with Gasteiger partial charge in [0.25, 0.3) is 0 Å². The van der Waals surface area contributed by atoms with E-state index in [2.05, 4.69) is 12.2 Å². The molecule has 1 aromatic carbocycles. The molecule has 0 bridgehead atoms. The quantitative estimate of drug-likeness (QED) is 0.764. The maximum atomic E-state index is 12.9. The first-order valence-electron chi connectivity index (χ1n) is 10.6. The molecule has 9 heteroatoms. The Morgan fingerprint density at radius 2 is 1.80 bits per heavy atom. The van der Waals surface area contributed by atoms with E-state index in [9.17, 15) is 18.0 Å². The van der Waals surface area contributed by atoms with Crippen molar-refractivity contribution in [1.29, 1.82) is 0 Å². The van der Waals surface area contributed by atoms with Crippen molar-refractivity contribution in [2.24, 2.45) is 11.8 Å². The Morgan fingerprint density at radius 3 is 2.47 bits per heavy atom.